The summed E-state index contributed by atoms with van der Waals surface area (Å²) >= 11 is 0. The van der Waals surface area contributed by atoms with Crippen LogP contribution in [0.2, 0.25) is 0 Å². The Labute approximate surface area is 137 Å². The van der Waals surface area contributed by atoms with Crippen molar-refractivity contribution in [1.29, 1.82) is 0 Å². The molecule has 1 aromatic carbocycles. The van der Waals surface area contributed by atoms with Gasteiger partial charge in [-0.1, -0.05) is 0 Å². The monoisotopic (exact) mass is 337 g/mol. The van der Waals surface area contributed by atoms with Gasteiger partial charge in [0.2, 0.25) is 0 Å². The van der Waals surface area contributed by atoms with E-state index in [4.69, 9.17) is 0 Å². The van der Waals surface area contributed by atoms with E-state index in [1.54, 1.807) is 0 Å². The third kappa shape index (κ3) is 4.16. The molecule has 1 aliphatic carbocycles. The third-order valence-electron chi connectivity index (χ3n) is 4.36. The van der Waals surface area contributed by atoms with Gasteiger partial charge in [0.1, 0.15) is 0 Å². The number of amides is 2. The number of urea groups is 1. The summed E-state index contributed by atoms with van der Waals surface area (Å²) in [7, 11) is -2.90. The molecule has 1 saturated heterocycles. The summed E-state index contributed by atoms with van der Waals surface area (Å²) in [6.45, 7) is 2.79. The zero-order chi connectivity index (χ0) is 16.4. The van der Waals surface area contributed by atoms with Gasteiger partial charge in [-0.2, -0.15) is 0 Å². The molecule has 0 radical (unpaired) electrons. The SMILES string of the molecule is CCN(c1ccc(NC(=O)NC2CC2)cc1)C1CCS(=O)(=O)C1. The summed E-state index contributed by atoms with van der Waals surface area (Å²) in [6, 6.07) is 7.77. The van der Waals surface area contributed by atoms with Crippen LogP contribution in [0.5, 0.6) is 0 Å². The van der Waals surface area contributed by atoms with E-state index in [1.807, 2.05) is 31.2 Å². The van der Waals surface area contributed by atoms with Gasteiger partial charge in [-0.15, -0.1) is 0 Å². The molecule has 2 fully saturated rings. The Kier molecular flexibility index (Phi) is 4.48. The fourth-order valence-electron chi connectivity index (χ4n) is 2.99. The van der Waals surface area contributed by atoms with E-state index < -0.39 is 9.84 Å². The minimum Gasteiger partial charge on any atom is -0.368 e. The van der Waals surface area contributed by atoms with Gasteiger partial charge in [0.25, 0.3) is 0 Å². The maximum atomic E-state index is 11.7. The van der Waals surface area contributed by atoms with Crippen LogP contribution < -0.4 is 15.5 Å². The van der Waals surface area contributed by atoms with E-state index in [1.165, 1.54) is 0 Å². The Bertz CT molecular complexity index is 668. The number of anilines is 2. The molecule has 1 saturated carbocycles. The molecule has 2 amide bonds. The van der Waals surface area contributed by atoms with Crippen LogP contribution in [0.25, 0.3) is 0 Å². The molecular weight excluding hydrogens is 314 g/mol. The summed E-state index contributed by atoms with van der Waals surface area (Å²) in [5, 5.41) is 5.69. The van der Waals surface area contributed by atoms with Gasteiger partial charge in [-0.05, 0) is 50.5 Å². The highest BCUT2D eigenvalue weighted by Crippen LogP contribution is 2.25. The van der Waals surface area contributed by atoms with Gasteiger partial charge < -0.3 is 15.5 Å². The van der Waals surface area contributed by atoms with E-state index in [9.17, 15) is 13.2 Å². The Balaban J connectivity index is 1.63. The molecule has 23 heavy (non-hydrogen) atoms. The standard InChI is InChI=1S/C16H23N3O3S/c1-2-19(15-9-10-23(21,22)11-15)14-7-5-13(6-8-14)18-16(20)17-12-3-4-12/h5-8,12,15H,2-4,9-11H2,1H3,(H2,17,18,20). The first-order valence-electron chi connectivity index (χ1n) is 8.11. The zero-order valence-corrected chi connectivity index (χ0v) is 14.1. The second-order valence-corrected chi connectivity index (χ2v) is 8.49. The molecule has 1 unspecified atom stereocenters. The van der Waals surface area contributed by atoms with Gasteiger partial charge in [-0.25, -0.2) is 13.2 Å². The van der Waals surface area contributed by atoms with Crippen LogP contribution in [0.15, 0.2) is 24.3 Å². The number of benzene rings is 1. The van der Waals surface area contributed by atoms with E-state index in [2.05, 4.69) is 15.5 Å². The van der Waals surface area contributed by atoms with Crippen molar-refractivity contribution >= 4 is 27.2 Å². The number of nitrogens with one attached hydrogen (secondary N) is 2. The molecule has 2 aliphatic rings. The van der Waals surface area contributed by atoms with Crippen molar-refractivity contribution in [3.63, 3.8) is 0 Å². The summed E-state index contributed by atoms with van der Waals surface area (Å²) in [5.41, 5.74) is 1.73. The highest BCUT2D eigenvalue weighted by atomic mass is 32.2. The van der Waals surface area contributed by atoms with Crippen LogP contribution in [0.4, 0.5) is 16.2 Å². The third-order valence-corrected chi connectivity index (χ3v) is 6.11. The van der Waals surface area contributed by atoms with E-state index in [0.29, 0.717) is 12.5 Å². The van der Waals surface area contributed by atoms with Gasteiger partial charge in [0.15, 0.2) is 9.84 Å². The van der Waals surface area contributed by atoms with Crippen molar-refractivity contribution in [1.82, 2.24) is 5.32 Å². The maximum absolute atomic E-state index is 11.7. The second kappa shape index (κ2) is 6.39. The molecule has 2 N–H and O–H groups in total. The molecule has 7 heteroatoms. The molecule has 1 aliphatic heterocycles. The van der Waals surface area contributed by atoms with Crippen molar-refractivity contribution in [2.45, 2.75) is 38.3 Å². The summed E-state index contributed by atoms with van der Waals surface area (Å²) in [6.07, 6.45) is 2.80. The quantitative estimate of drug-likeness (QED) is 0.861. The van der Waals surface area contributed by atoms with Gasteiger partial charge in [0, 0.05) is 30.0 Å². The summed E-state index contributed by atoms with van der Waals surface area (Å²) in [4.78, 5) is 13.8. The fraction of sp³-hybridized carbons (Fsp3) is 0.562. The van der Waals surface area contributed by atoms with Crippen molar-refractivity contribution in [3.8, 4) is 0 Å². The highest BCUT2D eigenvalue weighted by Gasteiger charge is 2.31. The lowest BCUT2D eigenvalue weighted by Crippen LogP contribution is -2.36. The largest absolute Gasteiger partial charge is 0.368 e. The molecule has 1 aromatic rings. The number of carbonyl (C=O) groups excluding carboxylic acids is 1. The van der Waals surface area contributed by atoms with Gasteiger partial charge >= 0.3 is 6.03 Å². The predicted molar refractivity (Wildman–Crippen MR) is 91.7 cm³/mol. The van der Waals surface area contributed by atoms with Crippen LogP contribution in [0.3, 0.4) is 0 Å². The smallest absolute Gasteiger partial charge is 0.319 e. The minimum atomic E-state index is -2.90. The van der Waals surface area contributed by atoms with Crippen LogP contribution in [0.1, 0.15) is 26.2 Å². The molecule has 6 nitrogen and oxygen atoms in total. The summed E-state index contributed by atoms with van der Waals surface area (Å²) in [5.74, 6) is 0.500. The molecule has 0 aromatic heterocycles. The molecule has 0 bridgehead atoms. The van der Waals surface area contributed by atoms with Crippen molar-refractivity contribution in [3.05, 3.63) is 24.3 Å². The van der Waals surface area contributed by atoms with Crippen LogP contribution in [-0.4, -0.2) is 44.6 Å². The van der Waals surface area contributed by atoms with E-state index >= 15 is 0 Å². The highest BCUT2D eigenvalue weighted by molar-refractivity contribution is 7.91. The van der Waals surface area contributed by atoms with E-state index in [-0.39, 0.29) is 23.6 Å². The van der Waals surface area contributed by atoms with Crippen molar-refractivity contribution in [2.75, 3.05) is 28.3 Å². The number of hydrogen-bond donors (Lipinski definition) is 2. The van der Waals surface area contributed by atoms with Gasteiger partial charge in [0.05, 0.1) is 11.5 Å². The van der Waals surface area contributed by atoms with Crippen LogP contribution in [-0.2, 0) is 9.84 Å². The molecule has 0 spiro atoms. The second-order valence-electron chi connectivity index (χ2n) is 6.26. The Morgan fingerprint density at radius 3 is 2.43 bits per heavy atom. The molecule has 1 atom stereocenters. The number of rotatable bonds is 5. The lowest BCUT2D eigenvalue weighted by molar-refractivity contribution is 0.251. The Hall–Kier alpha value is -1.76. The molecular formula is C16H23N3O3S. The Morgan fingerprint density at radius 2 is 1.91 bits per heavy atom. The maximum Gasteiger partial charge on any atom is 0.319 e. The molecule has 3 rings (SSSR count). The average molecular weight is 337 g/mol. The topological polar surface area (TPSA) is 78.5 Å². The average Bonchev–Trinajstić information content (AvgIpc) is 3.23. The fourth-order valence-corrected chi connectivity index (χ4v) is 4.72. The Morgan fingerprint density at radius 1 is 1.22 bits per heavy atom. The van der Waals surface area contributed by atoms with Crippen LogP contribution in [0, 0.1) is 0 Å². The first-order valence-corrected chi connectivity index (χ1v) is 9.93. The first kappa shape index (κ1) is 16.1. The number of sulfone groups is 1. The minimum absolute atomic E-state index is 0.0435. The van der Waals surface area contributed by atoms with Crippen LogP contribution >= 0.6 is 0 Å². The lowest BCUT2D eigenvalue weighted by Gasteiger charge is -2.29. The normalized spacial score (nSPS) is 22.6. The summed E-state index contributed by atoms with van der Waals surface area (Å²) < 4.78 is 23.4. The lowest BCUT2D eigenvalue weighted by atomic mass is 10.2. The first-order chi connectivity index (χ1) is 11.0. The number of carbonyl (C=O) groups is 1. The molecule has 126 valence electrons. The number of nitrogens with zero attached hydrogens (tertiary/aromatic N) is 1. The molecule has 1 heterocycles. The van der Waals surface area contributed by atoms with Crippen molar-refractivity contribution < 1.29 is 13.2 Å². The zero-order valence-electron chi connectivity index (χ0n) is 13.3. The van der Waals surface area contributed by atoms with Gasteiger partial charge in [-0.3, -0.25) is 0 Å². The van der Waals surface area contributed by atoms with Crippen molar-refractivity contribution in [2.24, 2.45) is 0 Å². The number of hydrogen-bond acceptors (Lipinski definition) is 4. The van der Waals surface area contributed by atoms with E-state index in [0.717, 1.165) is 30.8 Å². The predicted octanol–water partition coefficient (Wildman–Crippen LogP) is 1.98.